The molecule has 1 amide bonds. The molecule has 0 fully saturated rings. The van der Waals surface area contributed by atoms with E-state index in [1.54, 1.807) is 6.92 Å². The standard InChI is InChI=1S/C13H16F3NO3/c1-2-17(8-3-9-18)12(19)10-4-6-11(7-5-10)20-13(14,15)16/h4-7,18H,2-3,8-9H2,1H3. The molecular weight excluding hydrogens is 275 g/mol. The number of aliphatic hydroxyl groups excluding tert-OH is 1. The van der Waals surface area contributed by atoms with Gasteiger partial charge >= 0.3 is 6.36 Å². The molecule has 0 atom stereocenters. The van der Waals surface area contributed by atoms with E-state index in [4.69, 9.17) is 5.11 Å². The van der Waals surface area contributed by atoms with Crippen molar-refractivity contribution < 1.29 is 27.8 Å². The summed E-state index contributed by atoms with van der Waals surface area (Å²) in [7, 11) is 0. The predicted molar refractivity (Wildman–Crippen MR) is 66.4 cm³/mol. The Balaban J connectivity index is 2.74. The molecular formula is C13H16F3NO3. The molecule has 7 heteroatoms. The van der Waals surface area contributed by atoms with Gasteiger partial charge in [0.15, 0.2) is 0 Å². The van der Waals surface area contributed by atoms with Crippen LogP contribution in [0.2, 0.25) is 0 Å². The molecule has 20 heavy (non-hydrogen) atoms. The van der Waals surface area contributed by atoms with E-state index in [1.165, 1.54) is 17.0 Å². The summed E-state index contributed by atoms with van der Waals surface area (Å²) in [5.41, 5.74) is 0.277. The van der Waals surface area contributed by atoms with Gasteiger partial charge in [-0.25, -0.2) is 0 Å². The molecule has 1 N–H and O–H groups in total. The number of hydrogen-bond donors (Lipinski definition) is 1. The normalized spacial score (nSPS) is 11.2. The number of carbonyl (C=O) groups excluding carboxylic acids is 1. The van der Waals surface area contributed by atoms with Gasteiger partial charge in [-0.05, 0) is 37.6 Å². The Hall–Kier alpha value is -1.76. The number of rotatable bonds is 6. The summed E-state index contributed by atoms with van der Waals surface area (Å²) in [5, 5.41) is 8.75. The quantitative estimate of drug-likeness (QED) is 0.875. The summed E-state index contributed by atoms with van der Waals surface area (Å²) < 4.78 is 39.7. The highest BCUT2D eigenvalue weighted by molar-refractivity contribution is 5.94. The van der Waals surface area contributed by atoms with E-state index in [-0.39, 0.29) is 23.8 Å². The summed E-state index contributed by atoms with van der Waals surface area (Å²) in [6.07, 6.45) is -4.29. The third kappa shape index (κ3) is 5.08. The monoisotopic (exact) mass is 291 g/mol. The fourth-order valence-corrected chi connectivity index (χ4v) is 1.65. The van der Waals surface area contributed by atoms with E-state index < -0.39 is 6.36 Å². The first-order chi connectivity index (χ1) is 9.37. The number of aliphatic hydroxyl groups is 1. The van der Waals surface area contributed by atoms with Crippen LogP contribution in [-0.2, 0) is 0 Å². The van der Waals surface area contributed by atoms with Crippen LogP contribution in [0.4, 0.5) is 13.2 Å². The van der Waals surface area contributed by atoms with Gasteiger partial charge in [-0.3, -0.25) is 4.79 Å². The summed E-state index contributed by atoms with van der Waals surface area (Å²) in [5.74, 6) is -0.660. The van der Waals surface area contributed by atoms with Crippen LogP contribution < -0.4 is 4.74 Å². The Morgan fingerprint density at radius 2 is 1.90 bits per heavy atom. The second-order valence-electron chi connectivity index (χ2n) is 4.03. The number of benzene rings is 1. The largest absolute Gasteiger partial charge is 0.573 e. The molecule has 0 heterocycles. The van der Waals surface area contributed by atoms with E-state index in [1.807, 2.05) is 0 Å². The molecule has 0 saturated carbocycles. The third-order valence-electron chi connectivity index (χ3n) is 2.59. The van der Waals surface area contributed by atoms with Crippen LogP contribution >= 0.6 is 0 Å². The zero-order chi connectivity index (χ0) is 15.2. The molecule has 0 saturated heterocycles. The number of amides is 1. The maximum atomic E-state index is 12.1. The van der Waals surface area contributed by atoms with Gasteiger partial charge < -0.3 is 14.7 Å². The second-order valence-corrected chi connectivity index (χ2v) is 4.03. The topological polar surface area (TPSA) is 49.8 Å². The predicted octanol–water partition coefficient (Wildman–Crippen LogP) is 2.43. The molecule has 0 spiro atoms. The van der Waals surface area contributed by atoms with E-state index in [0.29, 0.717) is 19.5 Å². The highest BCUT2D eigenvalue weighted by Crippen LogP contribution is 2.23. The Kier molecular flexibility index (Phi) is 5.82. The first-order valence-corrected chi connectivity index (χ1v) is 6.13. The highest BCUT2D eigenvalue weighted by atomic mass is 19.4. The van der Waals surface area contributed by atoms with Crippen molar-refractivity contribution in [2.24, 2.45) is 0 Å². The van der Waals surface area contributed by atoms with Gasteiger partial charge in [-0.1, -0.05) is 0 Å². The van der Waals surface area contributed by atoms with Crippen molar-refractivity contribution in [1.29, 1.82) is 0 Å². The molecule has 0 aliphatic rings. The number of alkyl halides is 3. The summed E-state index contributed by atoms with van der Waals surface area (Å²) in [4.78, 5) is 13.6. The number of nitrogens with zero attached hydrogens (tertiary/aromatic N) is 1. The number of hydrogen-bond acceptors (Lipinski definition) is 3. The van der Waals surface area contributed by atoms with Crippen LogP contribution in [0.3, 0.4) is 0 Å². The van der Waals surface area contributed by atoms with Crippen molar-refractivity contribution in [2.45, 2.75) is 19.7 Å². The first kappa shape index (κ1) is 16.3. The van der Waals surface area contributed by atoms with Crippen LogP contribution in [0.15, 0.2) is 24.3 Å². The number of ether oxygens (including phenoxy) is 1. The maximum Gasteiger partial charge on any atom is 0.573 e. The van der Waals surface area contributed by atoms with Gasteiger partial charge in [0, 0.05) is 25.3 Å². The molecule has 0 aliphatic heterocycles. The van der Waals surface area contributed by atoms with Crippen molar-refractivity contribution in [3.63, 3.8) is 0 Å². The molecule has 1 aromatic rings. The zero-order valence-corrected chi connectivity index (χ0v) is 11.0. The van der Waals surface area contributed by atoms with Crippen molar-refractivity contribution in [3.05, 3.63) is 29.8 Å². The van der Waals surface area contributed by atoms with E-state index in [2.05, 4.69) is 4.74 Å². The Bertz CT molecular complexity index is 431. The number of halogens is 3. The average Bonchev–Trinajstić information content (AvgIpc) is 2.38. The van der Waals surface area contributed by atoms with E-state index in [0.717, 1.165) is 12.1 Å². The van der Waals surface area contributed by atoms with Crippen LogP contribution in [-0.4, -0.2) is 42.0 Å². The molecule has 0 aromatic heterocycles. The molecule has 0 aliphatic carbocycles. The summed E-state index contributed by atoms with van der Waals surface area (Å²) >= 11 is 0. The maximum absolute atomic E-state index is 12.1. The van der Waals surface area contributed by atoms with Gasteiger partial charge in [0.25, 0.3) is 5.91 Å². The van der Waals surface area contributed by atoms with Gasteiger partial charge in [0.1, 0.15) is 5.75 Å². The second kappa shape index (κ2) is 7.14. The molecule has 0 unspecified atom stereocenters. The summed E-state index contributed by atoms with van der Waals surface area (Å²) in [6, 6.07) is 4.76. The molecule has 4 nitrogen and oxygen atoms in total. The minimum absolute atomic E-state index is 0.0257. The smallest absolute Gasteiger partial charge is 0.406 e. The van der Waals surface area contributed by atoms with Gasteiger partial charge in [-0.2, -0.15) is 0 Å². The number of carbonyl (C=O) groups is 1. The van der Waals surface area contributed by atoms with Crippen LogP contribution in [0.1, 0.15) is 23.7 Å². The average molecular weight is 291 g/mol. The minimum Gasteiger partial charge on any atom is -0.406 e. The Labute approximate surface area is 114 Å². The van der Waals surface area contributed by atoms with Crippen molar-refractivity contribution >= 4 is 5.91 Å². The first-order valence-electron chi connectivity index (χ1n) is 6.13. The van der Waals surface area contributed by atoms with Crippen molar-refractivity contribution in [3.8, 4) is 5.75 Å². The molecule has 0 bridgehead atoms. The van der Waals surface area contributed by atoms with E-state index in [9.17, 15) is 18.0 Å². The van der Waals surface area contributed by atoms with Gasteiger partial charge in [0.2, 0.25) is 0 Å². The fraction of sp³-hybridized carbons (Fsp3) is 0.462. The van der Waals surface area contributed by atoms with E-state index >= 15 is 0 Å². The zero-order valence-electron chi connectivity index (χ0n) is 11.0. The lowest BCUT2D eigenvalue weighted by Crippen LogP contribution is -2.32. The Morgan fingerprint density at radius 3 is 2.35 bits per heavy atom. The lowest BCUT2D eigenvalue weighted by molar-refractivity contribution is -0.274. The van der Waals surface area contributed by atoms with Crippen molar-refractivity contribution in [1.82, 2.24) is 4.90 Å². The lowest BCUT2D eigenvalue weighted by atomic mass is 10.2. The van der Waals surface area contributed by atoms with Gasteiger partial charge in [0.05, 0.1) is 0 Å². The van der Waals surface area contributed by atoms with Crippen LogP contribution in [0, 0.1) is 0 Å². The lowest BCUT2D eigenvalue weighted by Gasteiger charge is -2.20. The molecule has 0 radical (unpaired) electrons. The van der Waals surface area contributed by atoms with Crippen molar-refractivity contribution in [2.75, 3.05) is 19.7 Å². The van der Waals surface area contributed by atoms with Crippen LogP contribution in [0.25, 0.3) is 0 Å². The third-order valence-corrected chi connectivity index (χ3v) is 2.59. The molecule has 112 valence electrons. The minimum atomic E-state index is -4.75. The fourth-order valence-electron chi connectivity index (χ4n) is 1.65. The molecule has 1 rings (SSSR count). The SMILES string of the molecule is CCN(CCCO)C(=O)c1ccc(OC(F)(F)F)cc1. The van der Waals surface area contributed by atoms with Crippen LogP contribution in [0.5, 0.6) is 5.75 Å². The Morgan fingerprint density at radius 1 is 1.30 bits per heavy atom. The molecule has 1 aromatic carbocycles. The van der Waals surface area contributed by atoms with Gasteiger partial charge in [-0.15, -0.1) is 13.2 Å². The summed E-state index contributed by atoms with van der Waals surface area (Å²) in [6.45, 7) is 2.62. The highest BCUT2D eigenvalue weighted by Gasteiger charge is 2.31.